The molecule has 3 rings (SSSR count). The maximum atomic E-state index is 12.3. The van der Waals surface area contributed by atoms with Crippen molar-refractivity contribution in [2.75, 3.05) is 11.1 Å². The van der Waals surface area contributed by atoms with Crippen LogP contribution < -0.4 is 5.32 Å². The van der Waals surface area contributed by atoms with Gasteiger partial charge in [0.25, 0.3) is 0 Å². The lowest BCUT2D eigenvalue weighted by molar-refractivity contribution is -0.113. The van der Waals surface area contributed by atoms with Crippen LogP contribution in [0.4, 0.5) is 5.82 Å². The van der Waals surface area contributed by atoms with E-state index in [0.717, 1.165) is 16.8 Å². The number of aromatic nitrogens is 6. The molecule has 0 spiro atoms. The van der Waals surface area contributed by atoms with Gasteiger partial charge in [0.05, 0.1) is 17.6 Å². The minimum absolute atomic E-state index is 0.131. The monoisotopic (exact) mass is 371 g/mol. The molecule has 1 amide bonds. The molecule has 1 N–H and O–H groups in total. The molecule has 1 aromatic carbocycles. The number of tetrazole rings is 1. The van der Waals surface area contributed by atoms with E-state index in [4.69, 9.17) is 0 Å². The summed E-state index contributed by atoms with van der Waals surface area (Å²) in [4.78, 5) is 12.3. The van der Waals surface area contributed by atoms with Crippen LogP contribution in [0.5, 0.6) is 0 Å². The van der Waals surface area contributed by atoms with Crippen molar-refractivity contribution in [2.45, 2.75) is 38.9 Å². The van der Waals surface area contributed by atoms with Gasteiger partial charge in [-0.3, -0.25) is 4.79 Å². The van der Waals surface area contributed by atoms with Gasteiger partial charge in [0.1, 0.15) is 5.82 Å². The highest BCUT2D eigenvalue weighted by atomic mass is 32.2. The fraction of sp³-hybridized carbons (Fsp3) is 0.353. The number of thioether (sulfide) groups is 1. The van der Waals surface area contributed by atoms with Crippen molar-refractivity contribution >= 4 is 23.5 Å². The Balaban J connectivity index is 1.71. The number of nitrogens with zero attached hydrogens (tertiary/aromatic N) is 6. The van der Waals surface area contributed by atoms with E-state index in [-0.39, 0.29) is 17.7 Å². The number of para-hydroxylation sites is 1. The Hall–Kier alpha value is -2.68. The first-order valence-corrected chi connectivity index (χ1v) is 9.27. The van der Waals surface area contributed by atoms with E-state index < -0.39 is 0 Å². The van der Waals surface area contributed by atoms with Crippen LogP contribution in [0, 0.1) is 13.8 Å². The van der Waals surface area contributed by atoms with E-state index in [1.807, 2.05) is 45.9 Å². The van der Waals surface area contributed by atoms with Gasteiger partial charge in [0.15, 0.2) is 0 Å². The van der Waals surface area contributed by atoms with E-state index >= 15 is 0 Å². The lowest BCUT2D eigenvalue weighted by Gasteiger charge is -2.12. The van der Waals surface area contributed by atoms with Crippen molar-refractivity contribution in [1.82, 2.24) is 30.0 Å². The van der Waals surface area contributed by atoms with Gasteiger partial charge >= 0.3 is 0 Å². The summed E-state index contributed by atoms with van der Waals surface area (Å²) in [5.74, 6) is 0.752. The quantitative estimate of drug-likeness (QED) is 0.670. The molecule has 0 bridgehead atoms. The van der Waals surface area contributed by atoms with Crippen molar-refractivity contribution in [3.05, 3.63) is 41.6 Å². The normalized spacial score (nSPS) is 11.1. The van der Waals surface area contributed by atoms with Crippen LogP contribution in [-0.4, -0.2) is 41.6 Å². The third-order valence-electron chi connectivity index (χ3n) is 3.85. The first-order chi connectivity index (χ1) is 12.5. The highest BCUT2D eigenvalue weighted by Gasteiger charge is 2.16. The molecule has 0 aliphatic rings. The van der Waals surface area contributed by atoms with E-state index in [1.54, 1.807) is 21.6 Å². The van der Waals surface area contributed by atoms with Gasteiger partial charge in [-0.2, -0.15) is 9.78 Å². The lowest BCUT2D eigenvalue weighted by Crippen LogP contribution is -2.18. The summed E-state index contributed by atoms with van der Waals surface area (Å²) in [6.45, 7) is 8.04. The molecule has 0 unspecified atom stereocenters. The van der Waals surface area contributed by atoms with Gasteiger partial charge < -0.3 is 5.32 Å². The van der Waals surface area contributed by atoms with Crippen LogP contribution in [-0.2, 0) is 4.79 Å². The molecule has 8 nitrogen and oxygen atoms in total. The molecule has 0 radical (unpaired) electrons. The molecule has 0 saturated heterocycles. The Labute approximate surface area is 156 Å². The largest absolute Gasteiger partial charge is 0.310 e. The maximum absolute atomic E-state index is 12.3. The van der Waals surface area contributed by atoms with Gasteiger partial charge in [-0.25, -0.2) is 4.68 Å². The second-order valence-electron chi connectivity index (χ2n) is 6.21. The molecular weight excluding hydrogens is 350 g/mol. The van der Waals surface area contributed by atoms with Gasteiger partial charge in [-0.05, 0) is 49.2 Å². The van der Waals surface area contributed by atoms with Gasteiger partial charge in [0.2, 0.25) is 11.1 Å². The van der Waals surface area contributed by atoms with Crippen molar-refractivity contribution in [3.8, 4) is 5.69 Å². The van der Waals surface area contributed by atoms with Gasteiger partial charge in [0, 0.05) is 12.1 Å². The van der Waals surface area contributed by atoms with E-state index in [0.29, 0.717) is 11.0 Å². The molecule has 3 aromatic rings. The molecule has 26 heavy (non-hydrogen) atoms. The van der Waals surface area contributed by atoms with Gasteiger partial charge in [-0.15, -0.1) is 5.10 Å². The molecule has 2 aromatic heterocycles. The van der Waals surface area contributed by atoms with Crippen molar-refractivity contribution in [2.24, 2.45) is 0 Å². The summed E-state index contributed by atoms with van der Waals surface area (Å²) in [7, 11) is 0. The van der Waals surface area contributed by atoms with Crippen LogP contribution in [0.15, 0.2) is 35.6 Å². The van der Waals surface area contributed by atoms with E-state index in [9.17, 15) is 4.79 Å². The van der Waals surface area contributed by atoms with Crippen molar-refractivity contribution < 1.29 is 4.79 Å². The van der Waals surface area contributed by atoms with Gasteiger partial charge in [-0.1, -0.05) is 30.0 Å². The van der Waals surface area contributed by atoms with Crippen LogP contribution >= 0.6 is 11.8 Å². The van der Waals surface area contributed by atoms with Crippen LogP contribution in [0.1, 0.15) is 31.0 Å². The number of carbonyl (C=O) groups is 1. The number of anilines is 1. The lowest BCUT2D eigenvalue weighted by atomic mass is 10.1. The first kappa shape index (κ1) is 18.1. The predicted octanol–water partition coefficient (Wildman–Crippen LogP) is 2.79. The summed E-state index contributed by atoms with van der Waals surface area (Å²) in [6, 6.07) is 7.97. The number of benzene rings is 1. The van der Waals surface area contributed by atoms with E-state index in [2.05, 4.69) is 25.9 Å². The average molecular weight is 371 g/mol. The van der Waals surface area contributed by atoms with Crippen molar-refractivity contribution in [3.63, 3.8) is 0 Å². The molecule has 0 fully saturated rings. The molecular formula is C17H21N7OS. The summed E-state index contributed by atoms with van der Waals surface area (Å²) in [5, 5.41) is 19.6. The molecule has 0 atom stereocenters. The zero-order valence-corrected chi connectivity index (χ0v) is 16.0. The smallest absolute Gasteiger partial charge is 0.235 e. The molecule has 0 saturated carbocycles. The zero-order chi connectivity index (χ0) is 18.7. The topological polar surface area (TPSA) is 90.5 Å². The number of hydrogen-bond acceptors (Lipinski definition) is 6. The summed E-state index contributed by atoms with van der Waals surface area (Å²) >= 11 is 1.30. The second kappa shape index (κ2) is 7.69. The Morgan fingerprint density at radius 1 is 1.23 bits per heavy atom. The minimum Gasteiger partial charge on any atom is -0.310 e. The Morgan fingerprint density at radius 2 is 1.96 bits per heavy atom. The minimum atomic E-state index is -0.131. The average Bonchev–Trinajstić information content (AvgIpc) is 3.22. The number of hydrogen-bond donors (Lipinski definition) is 1. The number of amides is 1. The summed E-state index contributed by atoms with van der Waals surface area (Å²) in [5.41, 5.74) is 3.09. The highest BCUT2D eigenvalue weighted by molar-refractivity contribution is 7.99. The number of rotatable bonds is 6. The Morgan fingerprint density at radius 3 is 2.65 bits per heavy atom. The molecule has 2 heterocycles. The molecule has 9 heteroatoms. The maximum Gasteiger partial charge on any atom is 0.235 e. The number of aryl methyl sites for hydroxylation is 2. The Bertz CT molecular complexity index is 895. The SMILES string of the molecule is Cc1cccc(C)c1-n1nnnc1SCC(=O)Nc1ccnn1C(C)C. The molecule has 136 valence electrons. The van der Waals surface area contributed by atoms with Crippen LogP contribution in [0.3, 0.4) is 0 Å². The Kier molecular flexibility index (Phi) is 5.36. The van der Waals surface area contributed by atoms with Crippen molar-refractivity contribution in [1.29, 1.82) is 0 Å². The first-order valence-electron chi connectivity index (χ1n) is 8.28. The third-order valence-corrected chi connectivity index (χ3v) is 4.77. The van der Waals surface area contributed by atoms with Crippen LogP contribution in [0.2, 0.25) is 0 Å². The van der Waals surface area contributed by atoms with E-state index in [1.165, 1.54) is 11.8 Å². The fourth-order valence-electron chi connectivity index (χ4n) is 2.68. The highest BCUT2D eigenvalue weighted by Crippen LogP contribution is 2.23. The number of carbonyl (C=O) groups excluding carboxylic acids is 1. The standard InChI is InChI=1S/C17H21N7OS/c1-11(2)23-14(8-9-18-23)19-15(25)10-26-17-20-21-22-24(17)16-12(3)6-5-7-13(16)4/h5-9,11H,10H2,1-4H3,(H,19,25). The molecule has 0 aliphatic carbocycles. The number of nitrogens with one attached hydrogen (secondary N) is 1. The second-order valence-corrected chi connectivity index (χ2v) is 7.15. The summed E-state index contributed by atoms with van der Waals surface area (Å²) in [6.07, 6.45) is 1.67. The third kappa shape index (κ3) is 3.77. The van der Waals surface area contributed by atoms with Crippen LogP contribution in [0.25, 0.3) is 5.69 Å². The predicted molar refractivity (Wildman–Crippen MR) is 101 cm³/mol. The fourth-order valence-corrected chi connectivity index (χ4v) is 3.36. The zero-order valence-electron chi connectivity index (χ0n) is 15.2. The summed E-state index contributed by atoms with van der Waals surface area (Å²) < 4.78 is 3.45. The molecule has 0 aliphatic heterocycles.